The van der Waals surface area contributed by atoms with E-state index in [0.717, 1.165) is 0 Å². The van der Waals surface area contributed by atoms with Gasteiger partial charge in [0.2, 0.25) is 0 Å². The van der Waals surface area contributed by atoms with Crippen molar-refractivity contribution in [3.8, 4) is 0 Å². The van der Waals surface area contributed by atoms with E-state index in [-0.39, 0.29) is 12.0 Å². The predicted octanol–water partition coefficient (Wildman–Crippen LogP) is -0.653. The van der Waals surface area contributed by atoms with Gasteiger partial charge in [-0.3, -0.25) is 9.96 Å². The summed E-state index contributed by atoms with van der Waals surface area (Å²) < 4.78 is 30.8. The molecule has 0 atom stereocenters. The van der Waals surface area contributed by atoms with Crippen LogP contribution in [0.1, 0.15) is 0 Å². The zero-order valence-electron chi connectivity index (χ0n) is 4.07. The van der Waals surface area contributed by atoms with Crippen LogP contribution >= 0.6 is 12.0 Å². The van der Waals surface area contributed by atoms with Crippen molar-refractivity contribution in [3.63, 3.8) is 0 Å². The Bertz CT molecular complexity index is 195. The van der Waals surface area contributed by atoms with E-state index in [4.69, 9.17) is 9.96 Å². The molecule has 9 heavy (non-hydrogen) atoms. The molecular formula is CH4N2O4S2. The van der Waals surface area contributed by atoms with Crippen LogP contribution in [0.25, 0.3) is 0 Å². The summed E-state index contributed by atoms with van der Waals surface area (Å²) in [6.45, 7) is 0. The van der Waals surface area contributed by atoms with E-state index in [1.807, 2.05) is 0 Å². The Labute approximate surface area is 56.0 Å². The van der Waals surface area contributed by atoms with Gasteiger partial charge in [0.1, 0.15) is 0 Å². The Morgan fingerprint density at radius 1 is 1.78 bits per heavy atom. The lowest BCUT2D eigenvalue weighted by Gasteiger charge is -1.92. The predicted molar refractivity (Wildman–Crippen MR) is 32.1 cm³/mol. The Morgan fingerprint density at radius 2 is 2.22 bits per heavy atom. The fourth-order valence-corrected chi connectivity index (χ4v) is 0.717. The molecule has 0 aliphatic rings. The van der Waals surface area contributed by atoms with Crippen LogP contribution < -0.4 is 5.73 Å². The second-order valence-electron chi connectivity index (χ2n) is 0.943. The molecule has 0 aromatic carbocycles. The van der Waals surface area contributed by atoms with E-state index >= 15 is 0 Å². The van der Waals surface area contributed by atoms with Crippen LogP contribution in [0.2, 0.25) is 0 Å². The van der Waals surface area contributed by atoms with Gasteiger partial charge in [-0.15, -0.1) is 0 Å². The molecule has 4 N–H and O–H groups in total. The minimum Gasteiger partial charge on any atom is -0.377 e. The third kappa shape index (κ3) is 7.69. The molecule has 0 bridgehead atoms. The average Bonchev–Trinajstić information content (AvgIpc) is 1.59. The normalized spacial score (nSPS) is 11.2. The van der Waals surface area contributed by atoms with E-state index in [1.54, 1.807) is 0 Å². The molecule has 0 saturated heterocycles. The van der Waals surface area contributed by atoms with Crippen LogP contribution in [-0.2, 0) is 14.0 Å². The van der Waals surface area contributed by atoms with Gasteiger partial charge in [-0.05, 0) is 0 Å². The highest BCUT2D eigenvalue weighted by Crippen LogP contribution is 2.03. The van der Waals surface area contributed by atoms with Crippen LogP contribution in [0, 0.1) is 5.41 Å². The lowest BCUT2D eigenvalue weighted by Crippen LogP contribution is -2.07. The van der Waals surface area contributed by atoms with Gasteiger partial charge in [-0.1, -0.05) is 0 Å². The summed E-state index contributed by atoms with van der Waals surface area (Å²) in [5, 5.41) is 5.87. The molecule has 0 aromatic rings. The summed E-state index contributed by atoms with van der Waals surface area (Å²) >= 11 is 0.0613. The number of amidine groups is 1. The first-order chi connectivity index (χ1) is 3.92. The smallest absolute Gasteiger partial charge is 0.377 e. The highest BCUT2D eigenvalue weighted by molar-refractivity contribution is 8.14. The molecule has 0 heterocycles. The van der Waals surface area contributed by atoms with Crippen molar-refractivity contribution >= 4 is 27.6 Å². The standard InChI is InChI=1S/CH4N2O4S2/c2-1(3)8-7-9(4,5)6/h(H3,2,3)(H,4,5,6). The van der Waals surface area contributed by atoms with Gasteiger partial charge in [0.05, 0.1) is 12.0 Å². The Balaban J connectivity index is 3.67. The van der Waals surface area contributed by atoms with Crippen LogP contribution in [0.3, 0.4) is 0 Å². The molecule has 0 saturated carbocycles. The molecule has 0 radical (unpaired) electrons. The Hall–Kier alpha value is -0.310. The first-order valence-electron chi connectivity index (χ1n) is 1.59. The molecule has 54 valence electrons. The number of nitrogens with two attached hydrogens (primary N) is 1. The summed E-state index contributed by atoms with van der Waals surface area (Å²) in [5.41, 5.74) is 4.65. The maximum atomic E-state index is 9.70. The van der Waals surface area contributed by atoms with E-state index in [1.165, 1.54) is 0 Å². The molecule has 0 rings (SSSR count). The average molecular weight is 172 g/mol. The minimum atomic E-state index is -4.48. The van der Waals surface area contributed by atoms with E-state index < -0.39 is 15.6 Å². The quantitative estimate of drug-likeness (QED) is 0.221. The maximum absolute atomic E-state index is 9.70. The molecule has 0 aliphatic carbocycles. The van der Waals surface area contributed by atoms with Crippen LogP contribution in [0.15, 0.2) is 0 Å². The molecular weight excluding hydrogens is 168 g/mol. The van der Waals surface area contributed by atoms with E-state index in [2.05, 4.69) is 9.36 Å². The lowest BCUT2D eigenvalue weighted by atomic mass is 11.4. The lowest BCUT2D eigenvalue weighted by molar-refractivity contribution is 0.409. The molecule has 0 fully saturated rings. The second kappa shape index (κ2) is 3.01. The van der Waals surface area contributed by atoms with E-state index in [0.29, 0.717) is 0 Å². The van der Waals surface area contributed by atoms with Crippen molar-refractivity contribution in [3.05, 3.63) is 0 Å². The summed E-state index contributed by atoms with van der Waals surface area (Å²) in [4.78, 5) is 0. The van der Waals surface area contributed by atoms with Crippen molar-refractivity contribution in [2.24, 2.45) is 5.73 Å². The van der Waals surface area contributed by atoms with Crippen LogP contribution in [0.5, 0.6) is 0 Å². The number of hydrogen-bond donors (Lipinski definition) is 3. The van der Waals surface area contributed by atoms with Gasteiger partial charge >= 0.3 is 10.4 Å². The third-order valence-corrected chi connectivity index (χ3v) is 1.35. The molecule has 8 heteroatoms. The number of rotatable bonds is 2. The topological polar surface area (TPSA) is 113 Å². The van der Waals surface area contributed by atoms with Crippen LogP contribution in [-0.4, -0.2) is 18.1 Å². The highest BCUT2D eigenvalue weighted by atomic mass is 32.3. The zero-order valence-corrected chi connectivity index (χ0v) is 5.70. The SMILES string of the molecule is N=C(N)SOS(=O)(=O)O. The third-order valence-electron chi connectivity index (χ3n) is 0.210. The maximum Gasteiger partial charge on any atom is 0.408 e. The van der Waals surface area contributed by atoms with Crippen molar-refractivity contribution in [1.82, 2.24) is 0 Å². The van der Waals surface area contributed by atoms with Crippen molar-refractivity contribution in [1.29, 1.82) is 5.41 Å². The largest absolute Gasteiger partial charge is 0.408 e. The molecule has 0 unspecified atom stereocenters. The van der Waals surface area contributed by atoms with Gasteiger partial charge in [-0.2, -0.15) is 12.0 Å². The van der Waals surface area contributed by atoms with Crippen molar-refractivity contribution in [2.45, 2.75) is 0 Å². The summed E-state index contributed by atoms with van der Waals surface area (Å²) in [7, 11) is -4.48. The summed E-state index contributed by atoms with van der Waals surface area (Å²) in [6, 6.07) is 0. The van der Waals surface area contributed by atoms with Crippen LogP contribution in [0.4, 0.5) is 0 Å². The van der Waals surface area contributed by atoms with Crippen molar-refractivity contribution < 1.29 is 16.6 Å². The highest BCUT2D eigenvalue weighted by Gasteiger charge is 2.05. The molecule has 0 aliphatic heterocycles. The van der Waals surface area contributed by atoms with Crippen molar-refractivity contribution in [2.75, 3.05) is 0 Å². The molecule has 0 amide bonds. The van der Waals surface area contributed by atoms with Gasteiger partial charge < -0.3 is 5.73 Å². The fourth-order valence-electron chi connectivity index (χ4n) is 0.0796. The first-order valence-corrected chi connectivity index (χ1v) is 3.70. The zero-order chi connectivity index (χ0) is 7.49. The number of hydrogen-bond acceptors (Lipinski definition) is 5. The molecule has 6 nitrogen and oxygen atoms in total. The Kier molecular flexibility index (Phi) is 2.91. The first kappa shape index (κ1) is 8.69. The molecule has 0 aromatic heterocycles. The molecule has 0 spiro atoms. The summed E-state index contributed by atoms with van der Waals surface area (Å²) in [5.74, 6) is 0. The monoisotopic (exact) mass is 172 g/mol. The van der Waals surface area contributed by atoms with Gasteiger partial charge in [-0.25, -0.2) is 0 Å². The van der Waals surface area contributed by atoms with Gasteiger partial charge in [0.15, 0.2) is 5.17 Å². The summed E-state index contributed by atoms with van der Waals surface area (Å²) in [6.07, 6.45) is 0. The minimum absolute atomic E-state index is 0.0613. The number of nitrogens with one attached hydrogen (secondary N) is 1. The second-order valence-corrected chi connectivity index (χ2v) is 2.95. The van der Waals surface area contributed by atoms with Gasteiger partial charge in [0.25, 0.3) is 0 Å². The fraction of sp³-hybridized carbons (Fsp3) is 0. The van der Waals surface area contributed by atoms with Gasteiger partial charge in [0, 0.05) is 0 Å². The van der Waals surface area contributed by atoms with E-state index in [9.17, 15) is 8.42 Å². The Morgan fingerprint density at radius 3 is 2.33 bits per heavy atom.